The number of carbonyl (C=O) groups is 1. The van der Waals surface area contributed by atoms with Crippen molar-refractivity contribution >= 4 is 5.97 Å². The lowest BCUT2D eigenvalue weighted by atomic mass is 9.97. The second-order valence-corrected chi connectivity index (χ2v) is 8.34. The number of fused-ring (bicyclic) bond motifs is 1. The molecule has 0 aromatic heterocycles. The van der Waals surface area contributed by atoms with Crippen LogP contribution >= 0.6 is 0 Å². The molecule has 4 nitrogen and oxygen atoms in total. The van der Waals surface area contributed by atoms with E-state index in [0.29, 0.717) is 13.2 Å². The molecule has 1 N–H and O–H groups in total. The molecule has 4 heteroatoms. The van der Waals surface area contributed by atoms with Gasteiger partial charge in [-0.05, 0) is 78.2 Å². The fourth-order valence-corrected chi connectivity index (χ4v) is 4.53. The zero-order chi connectivity index (χ0) is 21.8. The van der Waals surface area contributed by atoms with Gasteiger partial charge in [-0.2, -0.15) is 0 Å². The van der Waals surface area contributed by atoms with Gasteiger partial charge >= 0.3 is 5.97 Å². The number of nitrogens with zero attached hydrogens (tertiary/aromatic N) is 1. The summed E-state index contributed by atoms with van der Waals surface area (Å²) in [6, 6.07) is 21.0. The van der Waals surface area contributed by atoms with Crippen molar-refractivity contribution in [3.05, 3.63) is 88.5 Å². The normalized spacial score (nSPS) is 12.7. The molecule has 0 bridgehead atoms. The molecule has 0 atom stereocenters. The summed E-state index contributed by atoms with van der Waals surface area (Å²) in [5.74, 6) is 0.161. The van der Waals surface area contributed by atoms with Crippen LogP contribution in [0.1, 0.15) is 34.2 Å². The van der Waals surface area contributed by atoms with E-state index in [-0.39, 0.29) is 6.54 Å². The van der Waals surface area contributed by atoms with E-state index in [1.54, 1.807) is 0 Å². The number of carboxylic acids is 1. The standard InChI is InChI=1S/C27H29NO3/c1-19-22(10-6-11-23(19)20-8-4-3-5-9-20)18-31-26-15-14-21(16-28(2)17-27(29)30)24-12-7-13-25(24)26/h3-6,8-11,14-15H,7,12-13,16-18H2,1-2H3,(H,29,30). The molecule has 1 aliphatic rings. The molecule has 0 aliphatic heterocycles. The first-order valence-corrected chi connectivity index (χ1v) is 10.8. The molecule has 0 radical (unpaired) electrons. The molecule has 0 heterocycles. The highest BCUT2D eigenvalue weighted by Gasteiger charge is 2.21. The average Bonchev–Trinajstić information content (AvgIpc) is 3.25. The number of hydrogen-bond acceptors (Lipinski definition) is 3. The van der Waals surface area contributed by atoms with Gasteiger partial charge in [0.1, 0.15) is 12.4 Å². The number of hydrogen-bond donors (Lipinski definition) is 1. The summed E-state index contributed by atoms with van der Waals surface area (Å²) in [5, 5.41) is 9.03. The van der Waals surface area contributed by atoms with Crippen LogP contribution in [0.15, 0.2) is 60.7 Å². The molecule has 160 valence electrons. The molecule has 4 rings (SSSR count). The summed E-state index contributed by atoms with van der Waals surface area (Å²) < 4.78 is 6.32. The van der Waals surface area contributed by atoms with E-state index in [0.717, 1.165) is 25.0 Å². The third kappa shape index (κ3) is 4.80. The highest BCUT2D eigenvalue weighted by molar-refractivity contribution is 5.69. The molecule has 3 aromatic rings. The van der Waals surface area contributed by atoms with Gasteiger partial charge in [0.25, 0.3) is 0 Å². The van der Waals surface area contributed by atoms with Crippen LogP contribution in [0.5, 0.6) is 5.75 Å². The van der Waals surface area contributed by atoms with Crippen LogP contribution in [0.2, 0.25) is 0 Å². The van der Waals surface area contributed by atoms with Crippen LogP contribution in [0.25, 0.3) is 11.1 Å². The van der Waals surface area contributed by atoms with Crippen LogP contribution < -0.4 is 4.74 Å². The minimum absolute atomic E-state index is 0.0457. The van der Waals surface area contributed by atoms with Gasteiger partial charge in [-0.3, -0.25) is 9.69 Å². The van der Waals surface area contributed by atoms with E-state index < -0.39 is 5.97 Å². The topological polar surface area (TPSA) is 49.8 Å². The predicted octanol–water partition coefficient (Wildman–Crippen LogP) is 5.25. The van der Waals surface area contributed by atoms with Crippen LogP contribution in [-0.4, -0.2) is 29.6 Å². The first-order chi connectivity index (χ1) is 15.0. The van der Waals surface area contributed by atoms with Crippen molar-refractivity contribution in [1.82, 2.24) is 4.90 Å². The van der Waals surface area contributed by atoms with Gasteiger partial charge in [-0.25, -0.2) is 0 Å². The Morgan fingerprint density at radius 3 is 2.52 bits per heavy atom. The van der Waals surface area contributed by atoms with E-state index >= 15 is 0 Å². The molecule has 3 aromatic carbocycles. The summed E-state index contributed by atoms with van der Waals surface area (Å²) >= 11 is 0. The molecule has 0 amide bonds. The first-order valence-electron chi connectivity index (χ1n) is 10.8. The maximum Gasteiger partial charge on any atom is 0.317 e. The van der Waals surface area contributed by atoms with Crippen molar-refractivity contribution < 1.29 is 14.6 Å². The maximum atomic E-state index is 11.0. The Bertz CT molecular complexity index is 1080. The Hall–Kier alpha value is -3.11. The van der Waals surface area contributed by atoms with Gasteiger partial charge in [0.15, 0.2) is 0 Å². The summed E-state index contributed by atoms with van der Waals surface area (Å²) in [5.41, 5.74) is 8.74. The molecule has 0 saturated heterocycles. The van der Waals surface area contributed by atoms with Gasteiger partial charge in [-0.1, -0.05) is 54.6 Å². The SMILES string of the molecule is Cc1c(COc2ccc(CN(C)CC(=O)O)c3c2CCC3)cccc1-c1ccccc1. The Balaban J connectivity index is 1.52. The molecule has 31 heavy (non-hydrogen) atoms. The predicted molar refractivity (Wildman–Crippen MR) is 123 cm³/mol. The lowest BCUT2D eigenvalue weighted by molar-refractivity contribution is -0.138. The number of likely N-dealkylation sites (N-methyl/N-ethyl adjacent to an activating group) is 1. The van der Waals surface area contributed by atoms with Crippen molar-refractivity contribution in [3.8, 4) is 16.9 Å². The minimum Gasteiger partial charge on any atom is -0.489 e. The molecular weight excluding hydrogens is 386 g/mol. The van der Waals surface area contributed by atoms with Gasteiger partial charge in [-0.15, -0.1) is 0 Å². The van der Waals surface area contributed by atoms with Crippen LogP contribution in [0, 0.1) is 6.92 Å². The number of aliphatic carboxylic acids is 1. The highest BCUT2D eigenvalue weighted by atomic mass is 16.5. The second kappa shape index (κ2) is 9.36. The van der Waals surface area contributed by atoms with E-state index in [4.69, 9.17) is 9.84 Å². The fraction of sp³-hybridized carbons (Fsp3) is 0.296. The monoisotopic (exact) mass is 415 g/mol. The zero-order valence-corrected chi connectivity index (χ0v) is 18.2. The Morgan fingerprint density at radius 2 is 1.74 bits per heavy atom. The van der Waals surface area contributed by atoms with Crippen molar-refractivity contribution in [2.45, 2.75) is 39.3 Å². The lowest BCUT2D eigenvalue weighted by Crippen LogP contribution is -2.25. The second-order valence-electron chi connectivity index (χ2n) is 8.34. The molecule has 1 aliphatic carbocycles. The van der Waals surface area contributed by atoms with E-state index in [2.05, 4.69) is 61.5 Å². The summed E-state index contributed by atoms with van der Waals surface area (Å²) in [6.45, 7) is 3.39. The van der Waals surface area contributed by atoms with E-state index in [9.17, 15) is 4.79 Å². The molecule has 0 unspecified atom stereocenters. The largest absolute Gasteiger partial charge is 0.489 e. The van der Waals surface area contributed by atoms with Crippen molar-refractivity contribution in [2.75, 3.05) is 13.6 Å². The minimum atomic E-state index is -0.799. The first kappa shape index (κ1) is 21.1. The van der Waals surface area contributed by atoms with Crippen LogP contribution in [0.4, 0.5) is 0 Å². The number of benzene rings is 3. The van der Waals surface area contributed by atoms with Crippen molar-refractivity contribution in [3.63, 3.8) is 0 Å². The Kier molecular flexibility index (Phi) is 6.38. The summed E-state index contributed by atoms with van der Waals surface area (Å²) in [6.07, 6.45) is 3.17. The van der Waals surface area contributed by atoms with Crippen LogP contribution in [-0.2, 0) is 30.8 Å². The van der Waals surface area contributed by atoms with Gasteiger partial charge in [0.2, 0.25) is 0 Å². The van der Waals surface area contributed by atoms with Crippen molar-refractivity contribution in [1.29, 1.82) is 0 Å². The average molecular weight is 416 g/mol. The van der Waals surface area contributed by atoms with Gasteiger partial charge in [0, 0.05) is 6.54 Å². The van der Waals surface area contributed by atoms with E-state index in [1.807, 2.05) is 18.0 Å². The van der Waals surface area contributed by atoms with Crippen LogP contribution in [0.3, 0.4) is 0 Å². The van der Waals surface area contributed by atoms with E-state index in [1.165, 1.54) is 38.9 Å². The quantitative estimate of drug-likeness (QED) is 0.546. The van der Waals surface area contributed by atoms with Gasteiger partial charge < -0.3 is 9.84 Å². The smallest absolute Gasteiger partial charge is 0.317 e. The van der Waals surface area contributed by atoms with Crippen molar-refractivity contribution in [2.24, 2.45) is 0 Å². The maximum absolute atomic E-state index is 11.0. The number of carboxylic acid groups (broad SMARTS) is 1. The number of rotatable bonds is 8. The third-order valence-electron chi connectivity index (χ3n) is 6.10. The zero-order valence-electron chi connectivity index (χ0n) is 18.2. The molecule has 0 fully saturated rings. The van der Waals surface area contributed by atoms with Gasteiger partial charge in [0.05, 0.1) is 6.54 Å². The Labute approximate surface area is 184 Å². The summed E-state index contributed by atoms with van der Waals surface area (Å²) in [7, 11) is 1.85. The molecule has 0 spiro atoms. The third-order valence-corrected chi connectivity index (χ3v) is 6.10. The lowest BCUT2D eigenvalue weighted by Gasteiger charge is -2.19. The molecule has 0 saturated carbocycles. The number of ether oxygens (including phenoxy) is 1. The molecular formula is C27H29NO3. The summed E-state index contributed by atoms with van der Waals surface area (Å²) in [4.78, 5) is 12.8. The fourth-order valence-electron chi connectivity index (χ4n) is 4.53. The Morgan fingerprint density at radius 1 is 0.968 bits per heavy atom. The highest BCUT2D eigenvalue weighted by Crippen LogP contribution is 2.35.